The molecule has 162 valence electrons. The Balaban J connectivity index is 1.30. The minimum atomic E-state index is -3.50. The molecule has 2 aromatic carbocycles. The van der Waals surface area contributed by atoms with Crippen molar-refractivity contribution >= 4 is 32.8 Å². The van der Waals surface area contributed by atoms with Crippen molar-refractivity contribution in [3.05, 3.63) is 54.4 Å². The summed E-state index contributed by atoms with van der Waals surface area (Å²) >= 11 is 0. The van der Waals surface area contributed by atoms with E-state index in [1.54, 1.807) is 36.2 Å². The lowest BCUT2D eigenvalue weighted by molar-refractivity contribution is 0.205. The normalized spacial score (nSPS) is 19.3. The summed E-state index contributed by atoms with van der Waals surface area (Å²) in [6.07, 6.45) is 3.57. The summed E-state index contributed by atoms with van der Waals surface area (Å²) in [7, 11) is -1.88. The van der Waals surface area contributed by atoms with Crippen LogP contribution >= 0.6 is 0 Å². The van der Waals surface area contributed by atoms with Crippen LogP contribution in [0.3, 0.4) is 0 Å². The average molecular weight is 440 g/mol. The highest BCUT2D eigenvalue weighted by Crippen LogP contribution is 2.33. The zero-order valence-corrected chi connectivity index (χ0v) is 18.1. The van der Waals surface area contributed by atoms with Gasteiger partial charge in [0, 0.05) is 25.3 Å². The van der Waals surface area contributed by atoms with Crippen LogP contribution in [-0.2, 0) is 10.0 Å². The molecule has 9 heteroatoms. The number of H-pyrrole nitrogens is 1. The maximum atomic E-state index is 12.9. The molecular formula is C22H25N5O3S. The fourth-order valence-corrected chi connectivity index (χ4v) is 5.55. The molecular weight excluding hydrogens is 414 g/mol. The smallest absolute Gasteiger partial charge is 0.322 e. The van der Waals surface area contributed by atoms with Crippen molar-refractivity contribution in [3.8, 4) is 0 Å². The Kier molecular flexibility index (Phi) is 4.94. The first-order valence-corrected chi connectivity index (χ1v) is 12.0. The standard InChI is InChI=1S/C22H25N5O3S/c1-26(16-10-11-16)31(29,30)17-12-8-15(9-13-17)23-22(28)27-14-4-7-20(27)21-24-18-5-2-3-6-19(18)25-21/h2-3,5-6,8-9,12-13,16,20H,4,7,10-11,14H2,1H3,(H,23,28)(H,24,25). The van der Waals surface area contributed by atoms with Crippen LogP contribution in [0.5, 0.6) is 0 Å². The number of anilines is 1. The number of nitrogens with one attached hydrogen (secondary N) is 2. The molecule has 2 heterocycles. The molecule has 1 aromatic heterocycles. The maximum absolute atomic E-state index is 12.9. The number of para-hydroxylation sites is 2. The summed E-state index contributed by atoms with van der Waals surface area (Å²) < 4.78 is 26.7. The minimum absolute atomic E-state index is 0.106. The largest absolute Gasteiger partial charge is 0.340 e. The van der Waals surface area contributed by atoms with Crippen LogP contribution in [0, 0.1) is 0 Å². The van der Waals surface area contributed by atoms with Crippen LogP contribution in [0.4, 0.5) is 10.5 Å². The third-order valence-corrected chi connectivity index (χ3v) is 8.00. The van der Waals surface area contributed by atoms with Crippen LogP contribution in [0.2, 0.25) is 0 Å². The zero-order valence-electron chi connectivity index (χ0n) is 17.3. The molecule has 31 heavy (non-hydrogen) atoms. The van der Waals surface area contributed by atoms with Gasteiger partial charge in [-0.3, -0.25) is 0 Å². The first-order valence-electron chi connectivity index (χ1n) is 10.5. The summed E-state index contributed by atoms with van der Waals surface area (Å²) in [5.74, 6) is 0.790. The number of fused-ring (bicyclic) bond motifs is 1. The Morgan fingerprint density at radius 1 is 1.13 bits per heavy atom. The predicted molar refractivity (Wildman–Crippen MR) is 118 cm³/mol. The topological polar surface area (TPSA) is 98.4 Å². The lowest BCUT2D eigenvalue weighted by atomic mass is 10.2. The van der Waals surface area contributed by atoms with Crippen LogP contribution in [0.25, 0.3) is 11.0 Å². The monoisotopic (exact) mass is 439 g/mol. The molecule has 0 radical (unpaired) electrons. The van der Waals surface area contributed by atoms with Gasteiger partial charge in [0.25, 0.3) is 0 Å². The molecule has 1 unspecified atom stereocenters. The first-order chi connectivity index (χ1) is 14.9. The van der Waals surface area contributed by atoms with Gasteiger partial charge in [-0.2, -0.15) is 4.31 Å². The fourth-order valence-electron chi connectivity index (χ4n) is 4.13. The second-order valence-corrected chi connectivity index (χ2v) is 10.2. The second-order valence-electron chi connectivity index (χ2n) is 8.20. The van der Waals surface area contributed by atoms with Gasteiger partial charge in [0.1, 0.15) is 5.82 Å². The van der Waals surface area contributed by atoms with E-state index < -0.39 is 10.0 Å². The van der Waals surface area contributed by atoms with Gasteiger partial charge in [-0.15, -0.1) is 0 Å². The number of carbonyl (C=O) groups is 1. The van der Waals surface area contributed by atoms with Crippen molar-refractivity contribution < 1.29 is 13.2 Å². The first kappa shape index (κ1) is 20.0. The number of imidazole rings is 1. The van der Waals surface area contributed by atoms with Crippen LogP contribution in [-0.4, -0.2) is 53.3 Å². The highest BCUT2D eigenvalue weighted by molar-refractivity contribution is 7.89. The van der Waals surface area contributed by atoms with Crippen molar-refractivity contribution in [2.75, 3.05) is 18.9 Å². The van der Waals surface area contributed by atoms with E-state index >= 15 is 0 Å². The second kappa shape index (κ2) is 7.65. The lowest BCUT2D eigenvalue weighted by Crippen LogP contribution is -2.34. The van der Waals surface area contributed by atoms with E-state index in [9.17, 15) is 13.2 Å². The van der Waals surface area contributed by atoms with Gasteiger partial charge < -0.3 is 15.2 Å². The van der Waals surface area contributed by atoms with Gasteiger partial charge in [-0.05, 0) is 62.1 Å². The zero-order chi connectivity index (χ0) is 21.6. The van der Waals surface area contributed by atoms with Crippen molar-refractivity contribution in [2.45, 2.75) is 42.7 Å². The molecule has 1 saturated carbocycles. The van der Waals surface area contributed by atoms with E-state index in [2.05, 4.69) is 15.3 Å². The van der Waals surface area contributed by atoms with Gasteiger partial charge in [-0.25, -0.2) is 18.2 Å². The van der Waals surface area contributed by atoms with E-state index in [4.69, 9.17) is 0 Å². The molecule has 2 amide bonds. The number of nitrogens with zero attached hydrogens (tertiary/aromatic N) is 3. The molecule has 3 aromatic rings. The summed E-state index contributed by atoms with van der Waals surface area (Å²) in [6.45, 7) is 0.645. The molecule has 1 atom stereocenters. The number of hydrogen-bond donors (Lipinski definition) is 2. The summed E-state index contributed by atoms with van der Waals surface area (Å²) in [6, 6.07) is 14.0. The number of amides is 2. The number of aromatic nitrogens is 2. The van der Waals surface area contributed by atoms with E-state index in [1.165, 1.54) is 4.31 Å². The van der Waals surface area contributed by atoms with Crippen LogP contribution < -0.4 is 5.32 Å². The van der Waals surface area contributed by atoms with Crippen LogP contribution in [0.1, 0.15) is 37.5 Å². The van der Waals surface area contributed by atoms with E-state index in [0.29, 0.717) is 12.2 Å². The molecule has 8 nitrogen and oxygen atoms in total. The summed E-state index contributed by atoms with van der Waals surface area (Å²) in [4.78, 5) is 23.0. The summed E-state index contributed by atoms with van der Waals surface area (Å²) in [5.41, 5.74) is 2.41. The van der Waals surface area contributed by atoms with E-state index in [1.807, 2.05) is 24.3 Å². The van der Waals surface area contributed by atoms with Gasteiger partial charge in [-0.1, -0.05) is 12.1 Å². The van der Waals surface area contributed by atoms with Crippen molar-refractivity contribution in [1.82, 2.24) is 19.2 Å². The minimum Gasteiger partial charge on any atom is -0.340 e. The lowest BCUT2D eigenvalue weighted by Gasteiger charge is -2.23. The summed E-state index contributed by atoms with van der Waals surface area (Å²) in [5, 5.41) is 2.90. The van der Waals surface area contributed by atoms with Crippen molar-refractivity contribution in [1.29, 1.82) is 0 Å². The number of hydrogen-bond acceptors (Lipinski definition) is 4. The Morgan fingerprint density at radius 3 is 2.58 bits per heavy atom. The molecule has 5 rings (SSSR count). The number of urea groups is 1. The highest BCUT2D eigenvalue weighted by atomic mass is 32.2. The van der Waals surface area contributed by atoms with Crippen molar-refractivity contribution in [2.24, 2.45) is 0 Å². The van der Waals surface area contributed by atoms with Gasteiger partial charge in [0.15, 0.2) is 0 Å². The van der Waals surface area contributed by atoms with Gasteiger partial charge in [0.05, 0.1) is 22.0 Å². The van der Waals surface area contributed by atoms with Gasteiger partial charge >= 0.3 is 6.03 Å². The molecule has 1 aliphatic carbocycles. The number of benzene rings is 2. The predicted octanol–water partition coefficient (Wildman–Crippen LogP) is 3.71. The van der Waals surface area contributed by atoms with Gasteiger partial charge in [0.2, 0.25) is 10.0 Å². The molecule has 2 N–H and O–H groups in total. The third-order valence-electron chi connectivity index (χ3n) is 6.08. The van der Waals surface area contributed by atoms with Crippen LogP contribution in [0.15, 0.2) is 53.4 Å². The number of sulfonamides is 1. The number of carbonyl (C=O) groups excluding carboxylic acids is 1. The maximum Gasteiger partial charge on any atom is 0.322 e. The molecule has 1 saturated heterocycles. The molecule has 2 fully saturated rings. The quantitative estimate of drug-likeness (QED) is 0.633. The Morgan fingerprint density at radius 2 is 1.87 bits per heavy atom. The fraction of sp³-hybridized carbons (Fsp3) is 0.364. The SMILES string of the molecule is CN(C1CC1)S(=O)(=O)c1ccc(NC(=O)N2CCCC2c2nc3ccccc3[nH]2)cc1. The molecule has 2 aliphatic rings. The Labute approximate surface area is 181 Å². The molecule has 0 bridgehead atoms. The molecule has 1 aliphatic heterocycles. The van der Waals surface area contributed by atoms with E-state index in [0.717, 1.165) is 42.5 Å². The van der Waals surface area contributed by atoms with Crippen molar-refractivity contribution in [3.63, 3.8) is 0 Å². The van der Waals surface area contributed by atoms with E-state index in [-0.39, 0.29) is 23.0 Å². The number of likely N-dealkylation sites (tertiary alicyclic amines) is 1. The number of aromatic amines is 1. The highest BCUT2D eigenvalue weighted by Gasteiger charge is 2.35. The average Bonchev–Trinajstić information content (AvgIpc) is 3.33. The third kappa shape index (κ3) is 3.79. The Hall–Kier alpha value is -2.91. The molecule has 0 spiro atoms. The Bertz CT molecular complexity index is 1180. The number of rotatable bonds is 5.